The van der Waals surface area contributed by atoms with Crippen molar-refractivity contribution in [2.45, 2.75) is 12.5 Å². The maximum absolute atomic E-state index is 10.5. The molecule has 66 valence electrons. The van der Waals surface area contributed by atoms with Gasteiger partial charge in [-0.3, -0.25) is 4.79 Å². The second-order valence-corrected chi connectivity index (χ2v) is 4.00. The minimum atomic E-state index is -0.400. The van der Waals surface area contributed by atoms with Gasteiger partial charge in [0.05, 0.1) is 21.6 Å². The van der Waals surface area contributed by atoms with Crippen molar-refractivity contribution in [1.82, 2.24) is 4.37 Å². The van der Waals surface area contributed by atoms with Crippen LogP contribution in [0.25, 0.3) is 0 Å². The van der Waals surface area contributed by atoms with E-state index in [9.17, 15) is 4.79 Å². The molecule has 0 spiro atoms. The summed E-state index contributed by atoms with van der Waals surface area (Å²) in [5.41, 5.74) is 10.7. The van der Waals surface area contributed by atoms with Gasteiger partial charge in [0.15, 0.2) is 0 Å². The summed E-state index contributed by atoms with van der Waals surface area (Å²) in [4.78, 5) is 11.4. The third kappa shape index (κ3) is 2.26. The molecule has 0 fully saturated rings. The summed E-state index contributed by atoms with van der Waals surface area (Å²) in [6, 6.07) is -0.343. The lowest BCUT2D eigenvalue weighted by Crippen LogP contribution is -2.20. The summed E-state index contributed by atoms with van der Waals surface area (Å²) in [5.74, 6) is -0.400. The first-order valence-corrected chi connectivity index (χ1v) is 4.82. The molecule has 0 saturated carbocycles. The van der Waals surface area contributed by atoms with Crippen LogP contribution in [-0.4, -0.2) is 10.3 Å². The molecule has 0 aliphatic carbocycles. The number of carbonyl (C=O) groups is 1. The SMILES string of the molecule is NC(=O)CC(N)c1sncc1Br. The molecule has 12 heavy (non-hydrogen) atoms. The van der Waals surface area contributed by atoms with Gasteiger partial charge in [0.1, 0.15) is 0 Å². The van der Waals surface area contributed by atoms with Gasteiger partial charge in [0.25, 0.3) is 0 Å². The van der Waals surface area contributed by atoms with Crippen LogP contribution in [0.1, 0.15) is 17.3 Å². The second kappa shape index (κ2) is 3.97. The van der Waals surface area contributed by atoms with Gasteiger partial charge in [-0.15, -0.1) is 0 Å². The van der Waals surface area contributed by atoms with Crippen LogP contribution in [0, 0.1) is 0 Å². The van der Waals surface area contributed by atoms with Gasteiger partial charge >= 0.3 is 0 Å². The first kappa shape index (κ1) is 9.63. The van der Waals surface area contributed by atoms with Crippen LogP contribution in [0.2, 0.25) is 0 Å². The molecule has 1 heterocycles. The second-order valence-electron chi connectivity index (χ2n) is 2.31. The lowest BCUT2D eigenvalue weighted by Gasteiger charge is -2.05. The van der Waals surface area contributed by atoms with Crippen molar-refractivity contribution in [1.29, 1.82) is 0 Å². The summed E-state index contributed by atoms with van der Waals surface area (Å²) >= 11 is 4.54. The number of nitrogens with zero attached hydrogens (tertiary/aromatic N) is 1. The highest BCUT2D eigenvalue weighted by molar-refractivity contribution is 9.10. The molecule has 0 aliphatic heterocycles. The zero-order chi connectivity index (χ0) is 9.14. The van der Waals surface area contributed by atoms with E-state index in [1.807, 2.05) is 0 Å². The van der Waals surface area contributed by atoms with E-state index in [2.05, 4.69) is 20.3 Å². The normalized spacial score (nSPS) is 12.8. The topological polar surface area (TPSA) is 82.0 Å². The molecule has 0 aliphatic rings. The van der Waals surface area contributed by atoms with Crippen molar-refractivity contribution in [2.24, 2.45) is 11.5 Å². The molecule has 1 rings (SSSR count). The Labute approximate surface area is 82.2 Å². The number of halogens is 1. The Hall–Kier alpha value is -0.460. The molecule has 0 saturated heterocycles. The van der Waals surface area contributed by atoms with Crippen LogP contribution in [-0.2, 0) is 4.79 Å². The van der Waals surface area contributed by atoms with Crippen LogP contribution < -0.4 is 11.5 Å². The molecule has 1 aromatic rings. The third-order valence-corrected chi connectivity index (χ3v) is 3.13. The van der Waals surface area contributed by atoms with Crippen molar-refractivity contribution >= 4 is 33.4 Å². The molecule has 1 aromatic heterocycles. The first-order valence-electron chi connectivity index (χ1n) is 3.25. The van der Waals surface area contributed by atoms with Gasteiger partial charge in [-0.25, -0.2) is 0 Å². The van der Waals surface area contributed by atoms with Gasteiger partial charge in [-0.05, 0) is 27.5 Å². The largest absolute Gasteiger partial charge is 0.370 e. The van der Waals surface area contributed by atoms with Gasteiger partial charge in [0, 0.05) is 6.42 Å². The highest BCUT2D eigenvalue weighted by atomic mass is 79.9. The number of carbonyl (C=O) groups excluding carboxylic acids is 1. The Morgan fingerprint density at radius 2 is 2.50 bits per heavy atom. The summed E-state index contributed by atoms with van der Waals surface area (Å²) < 4.78 is 4.75. The molecule has 4 N–H and O–H groups in total. The standard InChI is InChI=1S/C6H8BrN3OS/c7-3-2-10-12-6(3)4(8)1-5(9)11/h2,4H,1,8H2,(H2,9,11). The van der Waals surface area contributed by atoms with E-state index in [-0.39, 0.29) is 12.5 Å². The van der Waals surface area contributed by atoms with Crippen LogP contribution in [0.3, 0.4) is 0 Å². The highest BCUT2D eigenvalue weighted by Crippen LogP contribution is 2.26. The predicted octanol–water partition coefficient (Wildman–Crippen LogP) is 0.781. The van der Waals surface area contributed by atoms with Gasteiger partial charge in [0.2, 0.25) is 5.91 Å². The molecule has 0 radical (unpaired) electrons. The third-order valence-electron chi connectivity index (χ3n) is 1.31. The van der Waals surface area contributed by atoms with Gasteiger partial charge in [-0.2, -0.15) is 4.37 Å². The van der Waals surface area contributed by atoms with E-state index in [4.69, 9.17) is 11.5 Å². The number of primary amides is 1. The smallest absolute Gasteiger partial charge is 0.219 e. The lowest BCUT2D eigenvalue weighted by atomic mass is 10.2. The lowest BCUT2D eigenvalue weighted by molar-refractivity contribution is -0.118. The molecule has 0 aromatic carbocycles. The molecule has 6 heteroatoms. The molecule has 4 nitrogen and oxygen atoms in total. The van der Waals surface area contributed by atoms with E-state index in [1.54, 1.807) is 6.20 Å². The fraction of sp³-hybridized carbons (Fsp3) is 0.333. The molecule has 0 bridgehead atoms. The zero-order valence-electron chi connectivity index (χ0n) is 6.16. The fourth-order valence-electron chi connectivity index (χ4n) is 0.791. The monoisotopic (exact) mass is 249 g/mol. The minimum Gasteiger partial charge on any atom is -0.370 e. The van der Waals surface area contributed by atoms with E-state index in [0.29, 0.717) is 0 Å². The van der Waals surface area contributed by atoms with E-state index >= 15 is 0 Å². The minimum absolute atomic E-state index is 0.154. The molecular formula is C6H8BrN3OS. The van der Waals surface area contributed by atoms with Crippen molar-refractivity contribution in [3.63, 3.8) is 0 Å². The average Bonchev–Trinajstić information content (AvgIpc) is 2.33. The maximum atomic E-state index is 10.5. The Kier molecular flexibility index (Phi) is 3.19. The Morgan fingerprint density at radius 3 is 2.92 bits per heavy atom. The Morgan fingerprint density at radius 1 is 1.83 bits per heavy atom. The van der Waals surface area contributed by atoms with Gasteiger partial charge in [-0.1, -0.05) is 0 Å². The molecule has 1 unspecified atom stereocenters. The van der Waals surface area contributed by atoms with E-state index < -0.39 is 5.91 Å². The van der Waals surface area contributed by atoms with Gasteiger partial charge < -0.3 is 11.5 Å². The van der Waals surface area contributed by atoms with E-state index in [0.717, 1.165) is 9.35 Å². The Balaban J connectivity index is 2.71. The summed E-state index contributed by atoms with van der Waals surface area (Å²) in [7, 11) is 0. The van der Waals surface area contributed by atoms with Crippen LogP contribution >= 0.6 is 27.5 Å². The summed E-state index contributed by atoms with van der Waals surface area (Å²) in [5, 5.41) is 0. The quantitative estimate of drug-likeness (QED) is 0.831. The van der Waals surface area contributed by atoms with Crippen molar-refractivity contribution in [3.8, 4) is 0 Å². The number of rotatable bonds is 3. The predicted molar refractivity (Wildman–Crippen MR) is 50.6 cm³/mol. The van der Waals surface area contributed by atoms with Crippen molar-refractivity contribution < 1.29 is 4.79 Å². The number of hydrogen-bond acceptors (Lipinski definition) is 4. The maximum Gasteiger partial charge on any atom is 0.219 e. The molecule has 1 atom stereocenters. The van der Waals surface area contributed by atoms with Crippen molar-refractivity contribution in [2.75, 3.05) is 0 Å². The van der Waals surface area contributed by atoms with Crippen LogP contribution in [0.15, 0.2) is 10.7 Å². The zero-order valence-corrected chi connectivity index (χ0v) is 8.56. The van der Waals surface area contributed by atoms with Crippen LogP contribution in [0.5, 0.6) is 0 Å². The van der Waals surface area contributed by atoms with Crippen molar-refractivity contribution in [3.05, 3.63) is 15.5 Å². The number of nitrogens with two attached hydrogens (primary N) is 2. The fourth-order valence-corrected chi connectivity index (χ4v) is 2.17. The Bertz CT molecular complexity index is 288. The van der Waals surface area contributed by atoms with E-state index in [1.165, 1.54) is 11.5 Å². The summed E-state index contributed by atoms with van der Waals surface area (Å²) in [6.07, 6.45) is 1.81. The van der Waals surface area contributed by atoms with Crippen LogP contribution in [0.4, 0.5) is 0 Å². The number of amides is 1. The first-order chi connectivity index (χ1) is 5.61. The summed E-state index contributed by atoms with van der Waals surface area (Å²) in [6.45, 7) is 0. The highest BCUT2D eigenvalue weighted by Gasteiger charge is 2.14. The molecular weight excluding hydrogens is 242 g/mol. The average molecular weight is 250 g/mol. The number of hydrogen-bond donors (Lipinski definition) is 2. The molecule has 1 amide bonds. The number of aromatic nitrogens is 1.